The summed E-state index contributed by atoms with van der Waals surface area (Å²) in [5.74, 6) is 0.628. The van der Waals surface area contributed by atoms with Crippen LogP contribution in [0.3, 0.4) is 0 Å². The number of methoxy groups -OCH3 is 1. The lowest BCUT2D eigenvalue weighted by Gasteiger charge is -2.04. The van der Waals surface area contributed by atoms with Gasteiger partial charge in [0.15, 0.2) is 0 Å². The summed E-state index contributed by atoms with van der Waals surface area (Å²) in [5.41, 5.74) is 0.460. The topological polar surface area (TPSA) is 63.2 Å². The van der Waals surface area contributed by atoms with E-state index in [4.69, 9.17) is 14.4 Å². The Kier molecular flexibility index (Phi) is 2.46. The third-order valence-electron chi connectivity index (χ3n) is 3.05. The highest BCUT2D eigenvalue weighted by Crippen LogP contribution is 2.26. The second-order valence-electron chi connectivity index (χ2n) is 4.12. The highest BCUT2D eigenvalue weighted by molar-refractivity contribution is 6.04. The Hall–Kier alpha value is -2.80. The Labute approximate surface area is 108 Å². The molecule has 0 aliphatic rings. The van der Waals surface area contributed by atoms with Crippen LogP contribution < -0.4 is 10.4 Å². The molecule has 0 aliphatic carbocycles. The van der Waals surface area contributed by atoms with Gasteiger partial charge >= 0.3 is 5.63 Å². The fraction of sp³-hybridized carbons (Fsp3) is 0.0667. The predicted molar refractivity (Wildman–Crippen MR) is 71.3 cm³/mol. The van der Waals surface area contributed by atoms with Crippen molar-refractivity contribution in [3.63, 3.8) is 0 Å². The molecular weight excluding hydrogens is 242 g/mol. The van der Waals surface area contributed by atoms with Crippen LogP contribution in [0.5, 0.6) is 5.75 Å². The molecule has 0 amide bonds. The van der Waals surface area contributed by atoms with Crippen LogP contribution in [0.15, 0.2) is 45.6 Å². The van der Waals surface area contributed by atoms with Gasteiger partial charge in [-0.3, -0.25) is 0 Å². The minimum atomic E-state index is -0.451. The zero-order chi connectivity index (χ0) is 13.4. The summed E-state index contributed by atoms with van der Waals surface area (Å²) < 4.78 is 10.4. The van der Waals surface area contributed by atoms with Crippen molar-refractivity contribution in [1.82, 2.24) is 0 Å². The average molecular weight is 251 g/mol. The van der Waals surface area contributed by atoms with E-state index in [1.165, 1.54) is 0 Å². The molecule has 19 heavy (non-hydrogen) atoms. The Balaban J connectivity index is 2.47. The lowest BCUT2D eigenvalue weighted by molar-refractivity contribution is 0.414. The number of hydrogen-bond donors (Lipinski definition) is 0. The normalized spacial score (nSPS) is 10.5. The van der Waals surface area contributed by atoms with Gasteiger partial charge in [-0.25, -0.2) is 4.79 Å². The van der Waals surface area contributed by atoms with Gasteiger partial charge in [-0.15, -0.1) is 0 Å². The van der Waals surface area contributed by atoms with Crippen LogP contribution in [-0.4, -0.2) is 7.11 Å². The number of rotatable bonds is 1. The largest absolute Gasteiger partial charge is 0.497 e. The second-order valence-corrected chi connectivity index (χ2v) is 4.12. The minimum absolute atomic E-state index is 0.414. The molecule has 1 aromatic heterocycles. The van der Waals surface area contributed by atoms with Crippen molar-refractivity contribution in [2.75, 3.05) is 7.11 Å². The van der Waals surface area contributed by atoms with E-state index in [-0.39, 0.29) is 0 Å². The molecule has 0 fully saturated rings. The van der Waals surface area contributed by atoms with E-state index in [0.717, 1.165) is 10.8 Å². The first-order valence-corrected chi connectivity index (χ1v) is 5.67. The summed E-state index contributed by atoms with van der Waals surface area (Å²) in [6.45, 7) is 0. The maximum atomic E-state index is 11.9. The number of ether oxygens (including phenoxy) is 1. The summed E-state index contributed by atoms with van der Waals surface area (Å²) in [7, 11) is 1.56. The lowest BCUT2D eigenvalue weighted by Crippen LogP contribution is -2.00. The molecule has 2 aromatic carbocycles. The Morgan fingerprint density at radius 2 is 1.89 bits per heavy atom. The minimum Gasteiger partial charge on any atom is -0.497 e. The third kappa shape index (κ3) is 1.72. The van der Waals surface area contributed by atoms with Crippen molar-refractivity contribution in [2.24, 2.45) is 0 Å². The Morgan fingerprint density at radius 1 is 1.11 bits per heavy atom. The van der Waals surface area contributed by atoms with Gasteiger partial charge in [0.2, 0.25) is 0 Å². The van der Waals surface area contributed by atoms with Gasteiger partial charge in [0.05, 0.1) is 24.1 Å². The van der Waals surface area contributed by atoms with Crippen LogP contribution in [0.1, 0.15) is 5.56 Å². The summed E-state index contributed by atoms with van der Waals surface area (Å²) in [5, 5.41) is 10.9. The molecule has 0 aliphatic heterocycles. The quantitative estimate of drug-likeness (QED) is 0.492. The van der Waals surface area contributed by atoms with E-state index < -0.39 is 5.63 Å². The third-order valence-corrected chi connectivity index (χ3v) is 3.05. The van der Waals surface area contributed by atoms with Crippen molar-refractivity contribution in [1.29, 1.82) is 5.26 Å². The summed E-state index contributed by atoms with van der Waals surface area (Å²) >= 11 is 0. The first kappa shape index (κ1) is 11.3. The Bertz CT molecular complexity index is 887. The van der Waals surface area contributed by atoms with Crippen LogP contribution in [0.4, 0.5) is 0 Å². The summed E-state index contributed by atoms with van der Waals surface area (Å²) in [6, 6.07) is 12.3. The molecule has 0 atom stereocenters. The fourth-order valence-electron chi connectivity index (χ4n) is 2.11. The zero-order valence-corrected chi connectivity index (χ0v) is 10.1. The first-order valence-electron chi connectivity index (χ1n) is 5.67. The van der Waals surface area contributed by atoms with Crippen molar-refractivity contribution in [3.8, 4) is 11.8 Å². The van der Waals surface area contributed by atoms with Crippen LogP contribution in [0, 0.1) is 11.3 Å². The van der Waals surface area contributed by atoms with E-state index in [1.54, 1.807) is 37.4 Å². The standard InChI is InChI=1S/C15H9NO3/c1-18-10-3-5-12-11-4-2-9(8-16)6-13(11)15(17)19-14(12)7-10/h2-7H,1H3. The van der Waals surface area contributed by atoms with E-state index in [1.807, 2.05) is 12.1 Å². The monoisotopic (exact) mass is 251 g/mol. The number of nitrogens with zero attached hydrogens (tertiary/aromatic N) is 1. The smallest absolute Gasteiger partial charge is 0.344 e. The van der Waals surface area contributed by atoms with Crippen molar-refractivity contribution in [3.05, 3.63) is 52.4 Å². The van der Waals surface area contributed by atoms with E-state index >= 15 is 0 Å². The number of nitriles is 1. The molecule has 3 rings (SSSR count). The molecule has 0 spiro atoms. The molecule has 4 heteroatoms. The SMILES string of the molecule is COc1ccc2c(c1)oc(=O)c1cc(C#N)ccc12. The van der Waals surface area contributed by atoms with Gasteiger partial charge in [0.25, 0.3) is 0 Å². The number of fused-ring (bicyclic) bond motifs is 3. The fourth-order valence-corrected chi connectivity index (χ4v) is 2.11. The van der Waals surface area contributed by atoms with Gasteiger partial charge < -0.3 is 9.15 Å². The molecular formula is C15H9NO3. The van der Waals surface area contributed by atoms with E-state index in [2.05, 4.69) is 0 Å². The summed E-state index contributed by atoms with van der Waals surface area (Å²) in [6.07, 6.45) is 0. The van der Waals surface area contributed by atoms with Crippen LogP contribution in [-0.2, 0) is 0 Å². The van der Waals surface area contributed by atoms with Crippen LogP contribution in [0.2, 0.25) is 0 Å². The predicted octanol–water partition coefficient (Wildman–Crippen LogP) is 2.83. The van der Waals surface area contributed by atoms with Crippen LogP contribution >= 0.6 is 0 Å². The Morgan fingerprint density at radius 3 is 2.63 bits per heavy atom. The maximum absolute atomic E-state index is 11.9. The van der Waals surface area contributed by atoms with E-state index in [0.29, 0.717) is 22.3 Å². The first-order chi connectivity index (χ1) is 9.22. The van der Waals surface area contributed by atoms with Crippen molar-refractivity contribution < 1.29 is 9.15 Å². The van der Waals surface area contributed by atoms with Gasteiger partial charge in [0, 0.05) is 16.8 Å². The van der Waals surface area contributed by atoms with E-state index in [9.17, 15) is 4.79 Å². The molecule has 0 bridgehead atoms. The molecule has 0 radical (unpaired) electrons. The van der Waals surface area contributed by atoms with Gasteiger partial charge in [0.1, 0.15) is 11.3 Å². The van der Waals surface area contributed by atoms with Gasteiger partial charge in [-0.1, -0.05) is 6.07 Å². The molecule has 3 aromatic rings. The highest BCUT2D eigenvalue weighted by atomic mass is 16.5. The lowest BCUT2D eigenvalue weighted by atomic mass is 10.1. The number of benzene rings is 2. The zero-order valence-electron chi connectivity index (χ0n) is 10.1. The van der Waals surface area contributed by atoms with Gasteiger partial charge in [-0.2, -0.15) is 5.26 Å². The molecule has 0 unspecified atom stereocenters. The molecule has 0 saturated heterocycles. The second kappa shape index (κ2) is 4.14. The van der Waals surface area contributed by atoms with Gasteiger partial charge in [-0.05, 0) is 24.3 Å². The maximum Gasteiger partial charge on any atom is 0.344 e. The number of hydrogen-bond acceptors (Lipinski definition) is 4. The molecule has 1 heterocycles. The molecule has 0 N–H and O–H groups in total. The summed E-state index contributed by atoms with van der Waals surface area (Å²) in [4.78, 5) is 11.9. The average Bonchev–Trinajstić information content (AvgIpc) is 2.46. The molecule has 0 saturated carbocycles. The molecule has 92 valence electrons. The highest BCUT2D eigenvalue weighted by Gasteiger charge is 2.08. The van der Waals surface area contributed by atoms with Crippen molar-refractivity contribution >= 4 is 21.7 Å². The molecule has 4 nitrogen and oxygen atoms in total. The van der Waals surface area contributed by atoms with Crippen LogP contribution in [0.25, 0.3) is 21.7 Å². The van der Waals surface area contributed by atoms with Crippen molar-refractivity contribution in [2.45, 2.75) is 0 Å².